The second-order valence-corrected chi connectivity index (χ2v) is 4.86. The van der Waals surface area contributed by atoms with E-state index in [2.05, 4.69) is 0 Å². The van der Waals surface area contributed by atoms with Gasteiger partial charge in [-0.2, -0.15) is 0 Å². The maximum atomic E-state index is 13.1. The van der Waals surface area contributed by atoms with Crippen LogP contribution in [-0.2, 0) is 0 Å². The van der Waals surface area contributed by atoms with Crippen LogP contribution in [0.1, 0.15) is 0 Å². The number of halogens is 1. The van der Waals surface area contributed by atoms with Gasteiger partial charge in [0.1, 0.15) is 11.6 Å². The fourth-order valence-electron chi connectivity index (χ4n) is 1.43. The van der Waals surface area contributed by atoms with Gasteiger partial charge in [-0.15, -0.1) is 11.8 Å². The van der Waals surface area contributed by atoms with Crippen LogP contribution in [0, 0.1) is 5.82 Å². The Morgan fingerprint density at radius 1 is 1.11 bits per heavy atom. The quantitative estimate of drug-likeness (QED) is 0.509. The first kappa shape index (κ1) is 12.8. The van der Waals surface area contributed by atoms with Crippen LogP contribution in [0.15, 0.2) is 53.4 Å². The van der Waals surface area contributed by atoms with Crippen LogP contribution >= 0.6 is 11.8 Å². The van der Waals surface area contributed by atoms with Crippen LogP contribution in [-0.4, -0.2) is 12.4 Å². The molecule has 2 aromatic rings. The van der Waals surface area contributed by atoms with E-state index in [1.54, 1.807) is 17.8 Å². The number of nitrogen functional groups attached to an aromatic ring is 1. The van der Waals surface area contributed by atoms with Crippen molar-refractivity contribution in [3.63, 3.8) is 0 Å². The summed E-state index contributed by atoms with van der Waals surface area (Å²) in [7, 11) is 0. The molecular weight excluding hydrogens is 249 g/mol. The first-order valence-electron chi connectivity index (χ1n) is 5.61. The Bertz CT molecular complexity index is 504. The van der Waals surface area contributed by atoms with E-state index in [0.717, 1.165) is 5.75 Å². The fraction of sp³-hybridized carbons (Fsp3) is 0.143. The largest absolute Gasteiger partial charge is 0.493 e. The molecule has 2 N–H and O–H groups in total. The molecule has 2 nitrogen and oxygen atoms in total. The molecule has 0 atom stereocenters. The predicted molar refractivity (Wildman–Crippen MR) is 73.5 cm³/mol. The summed E-state index contributed by atoms with van der Waals surface area (Å²) in [6, 6.07) is 14.6. The van der Waals surface area contributed by atoms with Crippen molar-refractivity contribution in [3.05, 3.63) is 54.3 Å². The summed E-state index contributed by atoms with van der Waals surface area (Å²) >= 11 is 1.70. The van der Waals surface area contributed by atoms with E-state index >= 15 is 0 Å². The van der Waals surface area contributed by atoms with E-state index in [1.165, 1.54) is 17.0 Å². The maximum absolute atomic E-state index is 13.1. The van der Waals surface area contributed by atoms with Crippen molar-refractivity contribution in [1.82, 2.24) is 0 Å². The third-order valence-corrected chi connectivity index (χ3v) is 3.31. The van der Waals surface area contributed by atoms with Gasteiger partial charge in [0.15, 0.2) is 0 Å². The number of nitrogens with two attached hydrogens (primary N) is 1. The average molecular weight is 263 g/mol. The molecule has 0 saturated carbocycles. The molecule has 0 amide bonds. The molecule has 0 aromatic heterocycles. The standard InChI is InChI=1S/C14H14FNOS/c15-13-10-11(6-7-14(13)16)17-8-9-18-12-4-2-1-3-5-12/h1-7,10H,8-9,16H2. The lowest BCUT2D eigenvalue weighted by Crippen LogP contribution is -2.01. The van der Waals surface area contributed by atoms with Gasteiger partial charge >= 0.3 is 0 Å². The minimum Gasteiger partial charge on any atom is -0.493 e. The van der Waals surface area contributed by atoms with Gasteiger partial charge in [0.2, 0.25) is 0 Å². The third kappa shape index (κ3) is 3.67. The van der Waals surface area contributed by atoms with Crippen LogP contribution in [0.3, 0.4) is 0 Å². The normalized spacial score (nSPS) is 10.3. The second-order valence-electron chi connectivity index (χ2n) is 3.69. The van der Waals surface area contributed by atoms with Gasteiger partial charge in [-0.25, -0.2) is 4.39 Å². The number of anilines is 1. The molecule has 0 aliphatic heterocycles. The molecule has 2 rings (SSSR count). The van der Waals surface area contributed by atoms with Crippen LogP contribution in [0.4, 0.5) is 10.1 Å². The van der Waals surface area contributed by atoms with Gasteiger partial charge in [0.25, 0.3) is 0 Å². The number of rotatable bonds is 5. The Hall–Kier alpha value is -1.68. The monoisotopic (exact) mass is 263 g/mol. The van der Waals surface area contributed by atoms with Gasteiger partial charge in [0, 0.05) is 16.7 Å². The van der Waals surface area contributed by atoms with Crippen molar-refractivity contribution in [2.24, 2.45) is 0 Å². The summed E-state index contributed by atoms with van der Waals surface area (Å²) in [5.74, 6) is 0.884. The highest BCUT2D eigenvalue weighted by Gasteiger charge is 2.00. The van der Waals surface area contributed by atoms with Crippen molar-refractivity contribution < 1.29 is 9.13 Å². The lowest BCUT2D eigenvalue weighted by atomic mass is 10.3. The number of ether oxygens (including phenoxy) is 1. The van der Waals surface area contributed by atoms with E-state index in [0.29, 0.717) is 12.4 Å². The molecular formula is C14H14FNOS. The molecule has 0 spiro atoms. The van der Waals surface area contributed by atoms with E-state index in [1.807, 2.05) is 30.3 Å². The van der Waals surface area contributed by atoms with Crippen LogP contribution in [0.2, 0.25) is 0 Å². The zero-order valence-corrected chi connectivity index (χ0v) is 10.6. The molecule has 2 aromatic carbocycles. The molecule has 0 bridgehead atoms. The molecule has 94 valence electrons. The molecule has 0 aliphatic carbocycles. The SMILES string of the molecule is Nc1ccc(OCCSc2ccccc2)cc1F. The van der Waals surface area contributed by atoms with Gasteiger partial charge < -0.3 is 10.5 Å². The van der Waals surface area contributed by atoms with E-state index in [-0.39, 0.29) is 5.69 Å². The Labute approximate surface area is 110 Å². The zero-order valence-electron chi connectivity index (χ0n) is 9.80. The van der Waals surface area contributed by atoms with Crippen molar-refractivity contribution in [1.29, 1.82) is 0 Å². The molecule has 0 saturated heterocycles. The summed E-state index contributed by atoms with van der Waals surface area (Å²) in [6.07, 6.45) is 0. The zero-order chi connectivity index (χ0) is 12.8. The van der Waals surface area contributed by atoms with Gasteiger partial charge in [-0.05, 0) is 24.3 Å². The van der Waals surface area contributed by atoms with Gasteiger partial charge in [0.05, 0.1) is 12.3 Å². The number of benzene rings is 2. The molecule has 4 heteroatoms. The third-order valence-electron chi connectivity index (χ3n) is 2.34. The summed E-state index contributed by atoms with van der Waals surface area (Å²) < 4.78 is 18.6. The average Bonchev–Trinajstić information content (AvgIpc) is 2.40. The lowest BCUT2D eigenvalue weighted by Gasteiger charge is -2.06. The minimum absolute atomic E-state index is 0.140. The molecule has 0 heterocycles. The van der Waals surface area contributed by atoms with Crippen LogP contribution < -0.4 is 10.5 Å². The molecule has 0 radical (unpaired) electrons. The highest BCUT2D eigenvalue weighted by atomic mass is 32.2. The fourth-order valence-corrected chi connectivity index (χ4v) is 2.19. The molecule has 0 unspecified atom stereocenters. The highest BCUT2D eigenvalue weighted by molar-refractivity contribution is 7.99. The first-order valence-corrected chi connectivity index (χ1v) is 6.60. The maximum Gasteiger partial charge on any atom is 0.149 e. The summed E-state index contributed by atoms with van der Waals surface area (Å²) in [6.45, 7) is 0.531. The number of hydrogen-bond donors (Lipinski definition) is 1. The minimum atomic E-state index is -0.441. The molecule has 18 heavy (non-hydrogen) atoms. The van der Waals surface area contributed by atoms with Gasteiger partial charge in [-0.1, -0.05) is 18.2 Å². The lowest BCUT2D eigenvalue weighted by molar-refractivity contribution is 0.342. The van der Waals surface area contributed by atoms with Crippen molar-refractivity contribution in [2.45, 2.75) is 4.90 Å². The van der Waals surface area contributed by atoms with Crippen LogP contribution in [0.5, 0.6) is 5.75 Å². The highest BCUT2D eigenvalue weighted by Crippen LogP contribution is 2.20. The Kier molecular flexibility index (Phi) is 4.47. The smallest absolute Gasteiger partial charge is 0.149 e. The van der Waals surface area contributed by atoms with Crippen molar-refractivity contribution >= 4 is 17.4 Å². The van der Waals surface area contributed by atoms with Gasteiger partial charge in [-0.3, -0.25) is 0 Å². The van der Waals surface area contributed by atoms with E-state index < -0.39 is 5.82 Å². The topological polar surface area (TPSA) is 35.2 Å². The number of hydrogen-bond acceptors (Lipinski definition) is 3. The van der Waals surface area contributed by atoms with E-state index in [4.69, 9.17) is 10.5 Å². The molecule has 0 aliphatic rings. The first-order chi connectivity index (χ1) is 8.75. The Morgan fingerprint density at radius 2 is 1.89 bits per heavy atom. The second kappa shape index (κ2) is 6.31. The van der Waals surface area contributed by atoms with Crippen LogP contribution in [0.25, 0.3) is 0 Å². The molecule has 0 fully saturated rings. The Balaban J connectivity index is 1.77. The Morgan fingerprint density at radius 3 is 2.61 bits per heavy atom. The number of thioether (sulfide) groups is 1. The summed E-state index contributed by atoms with van der Waals surface area (Å²) in [4.78, 5) is 1.20. The van der Waals surface area contributed by atoms with E-state index in [9.17, 15) is 4.39 Å². The van der Waals surface area contributed by atoms with Crippen molar-refractivity contribution in [3.8, 4) is 5.75 Å². The summed E-state index contributed by atoms with van der Waals surface area (Å²) in [5.41, 5.74) is 5.52. The van der Waals surface area contributed by atoms with Crippen molar-refractivity contribution in [2.75, 3.05) is 18.1 Å². The summed E-state index contributed by atoms with van der Waals surface area (Å²) in [5, 5.41) is 0. The predicted octanol–water partition coefficient (Wildman–Crippen LogP) is 3.58.